The van der Waals surface area contributed by atoms with Crippen LogP contribution in [0.2, 0.25) is 0 Å². The number of carbonyl (C=O) groups is 4. The van der Waals surface area contributed by atoms with Crippen molar-refractivity contribution in [1.29, 1.82) is 0 Å². The maximum atomic E-state index is 13.2. The molecule has 0 saturated carbocycles. The molecule has 0 heterocycles. The van der Waals surface area contributed by atoms with Crippen LogP contribution < -0.4 is 0 Å². The number of aliphatic hydroxyl groups is 1. The minimum absolute atomic E-state index is 0.0773. The van der Waals surface area contributed by atoms with Gasteiger partial charge in [0.1, 0.15) is 19.3 Å². The van der Waals surface area contributed by atoms with Gasteiger partial charge in [0.05, 0.1) is 26.4 Å². The number of phosphoric acid groups is 2. The summed E-state index contributed by atoms with van der Waals surface area (Å²) < 4.78 is 68.9. The Bertz CT molecular complexity index is 2600. The highest BCUT2D eigenvalue weighted by Gasteiger charge is 2.30. The van der Waals surface area contributed by atoms with Crippen molar-refractivity contribution in [2.24, 2.45) is 0 Å². The Morgan fingerprint density at radius 1 is 0.264 bits per heavy atom. The third-order valence-corrected chi connectivity index (χ3v) is 20.0. The molecule has 0 radical (unpaired) electrons. The van der Waals surface area contributed by atoms with Crippen molar-refractivity contribution in [3.05, 3.63) is 134 Å². The zero-order valence-corrected chi connectivity index (χ0v) is 71.2. The number of rotatable bonds is 81. The zero-order chi connectivity index (χ0) is 80.3. The Balaban J connectivity index is 5.40. The minimum atomic E-state index is -4.99. The van der Waals surface area contributed by atoms with E-state index in [1.54, 1.807) is 0 Å². The molecule has 5 atom stereocenters. The van der Waals surface area contributed by atoms with E-state index in [1.807, 2.05) is 0 Å². The summed E-state index contributed by atoms with van der Waals surface area (Å²) in [4.78, 5) is 73.3. The molecule has 0 aliphatic heterocycles. The van der Waals surface area contributed by atoms with Crippen LogP contribution in [0, 0.1) is 0 Å². The van der Waals surface area contributed by atoms with Crippen LogP contribution in [-0.4, -0.2) is 96.7 Å². The number of hydrogen-bond donors (Lipinski definition) is 3. The van der Waals surface area contributed by atoms with Crippen molar-refractivity contribution in [2.75, 3.05) is 39.6 Å². The number of aliphatic hydroxyl groups excluding tert-OH is 1. The Morgan fingerprint density at radius 2 is 0.473 bits per heavy atom. The standard InChI is InChI=1S/C91H156O17P2/c1-5-9-13-17-21-25-29-33-37-40-42-45-48-51-55-59-63-67-71-75-88(93)101-81-86(107-90(95)77-73-69-65-61-57-53-47-36-32-28-24-20-16-12-8-4)83-105-109(97,98)103-79-85(92)80-104-110(99,100)106-84-87(108-91(96)78-74-70-66-62-58-54-50-44-39-35-31-27-23-19-15-11-7-3)82-102-89(94)76-72-68-64-60-56-52-49-46-43-41-38-34-30-26-22-18-14-10-6-2/h10-11,14-15,21-23,25-27,33-39,42-43,45-47,85-87,92H,5-9,12-13,16-20,24,28-32,40-41,44,48-84H2,1-4H3,(H,97,98)(H,99,100)/b14-10-,15-11-,25-21-,26-22-,27-23-,37-33-,38-34-,39-35-,45-42-,46-43-,47-36-. The van der Waals surface area contributed by atoms with Gasteiger partial charge in [-0.2, -0.15) is 0 Å². The second-order valence-corrected chi connectivity index (χ2v) is 31.6. The molecule has 19 heteroatoms. The molecule has 0 aliphatic rings. The summed E-state index contributed by atoms with van der Waals surface area (Å²) in [6, 6.07) is 0. The molecule has 17 nitrogen and oxygen atoms in total. The molecule has 0 aliphatic carbocycles. The number of carbonyl (C=O) groups excluding carboxylic acids is 4. The van der Waals surface area contributed by atoms with Gasteiger partial charge in [0.2, 0.25) is 0 Å². The van der Waals surface area contributed by atoms with Gasteiger partial charge in [-0.15, -0.1) is 0 Å². The number of allylic oxidation sites excluding steroid dienone is 22. The normalized spacial score (nSPS) is 14.4. The summed E-state index contributed by atoms with van der Waals surface area (Å²) >= 11 is 0. The van der Waals surface area contributed by atoms with Crippen molar-refractivity contribution in [1.82, 2.24) is 0 Å². The van der Waals surface area contributed by atoms with Gasteiger partial charge in [0.15, 0.2) is 12.2 Å². The molecule has 0 fully saturated rings. The highest BCUT2D eigenvalue weighted by atomic mass is 31.2. The smallest absolute Gasteiger partial charge is 0.462 e. The summed E-state index contributed by atoms with van der Waals surface area (Å²) in [6.45, 7) is 4.62. The monoisotopic (exact) mass is 1580 g/mol. The zero-order valence-electron chi connectivity index (χ0n) is 69.4. The molecule has 0 amide bonds. The minimum Gasteiger partial charge on any atom is -0.462 e. The van der Waals surface area contributed by atoms with Crippen molar-refractivity contribution < 1.29 is 80.2 Å². The third-order valence-electron chi connectivity index (χ3n) is 18.1. The van der Waals surface area contributed by atoms with Crippen molar-refractivity contribution in [2.45, 2.75) is 380 Å². The number of ether oxygens (including phenoxy) is 4. The molecule has 0 saturated heterocycles. The second-order valence-electron chi connectivity index (χ2n) is 28.7. The highest BCUT2D eigenvalue weighted by Crippen LogP contribution is 2.45. The Labute approximate surface area is 669 Å². The van der Waals surface area contributed by atoms with Crippen molar-refractivity contribution >= 4 is 39.5 Å². The topological polar surface area (TPSA) is 237 Å². The van der Waals surface area contributed by atoms with Crippen LogP contribution in [-0.2, 0) is 65.4 Å². The van der Waals surface area contributed by atoms with Crippen LogP contribution in [0.5, 0.6) is 0 Å². The fourth-order valence-electron chi connectivity index (χ4n) is 11.5. The molecule has 110 heavy (non-hydrogen) atoms. The fraction of sp³-hybridized carbons (Fsp3) is 0.714. The lowest BCUT2D eigenvalue weighted by Crippen LogP contribution is -2.30. The Kier molecular flexibility index (Phi) is 78.6. The predicted molar refractivity (Wildman–Crippen MR) is 454 cm³/mol. The van der Waals surface area contributed by atoms with Crippen LogP contribution in [0.4, 0.5) is 0 Å². The maximum Gasteiger partial charge on any atom is 0.472 e. The van der Waals surface area contributed by atoms with Gasteiger partial charge in [0, 0.05) is 25.7 Å². The molecule has 5 unspecified atom stereocenters. The fourth-order valence-corrected chi connectivity index (χ4v) is 13.1. The summed E-state index contributed by atoms with van der Waals surface area (Å²) in [5.41, 5.74) is 0. The molecule has 0 aromatic carbocycles. The summed E-state index contributed by atoms with van der Waals surface area (Å²) in [5, 5.41) is 10.7. The molecule has 3 N–H and O–H groups in total. The first-order valence-corrected chi connectivity index (χ1v) is 46.4. The van der Waals surface area contributed by atoms with Gasteiger partial charge in [-0.25, -0.2) is 9.13 Å². The maximum absolute atomic E-state index is 13.2. The van der Waals surface area contributed by atoms with Crippen LogP contribution in [0.1, 0.15) is 362 Å². The predicted octanol–water partition coefficient (Wildman–Crippen LogP) is 26.0. The summed E-state index contributed by atoms with van der Waals surface area (Å²) in [7, 11) is -9.98. The van der Waals surface area contributed by atoms with Crippen molar-refractivity contribution in [3.63, 3.8) is 0 Å². The van der Waals surface area contributed by atoms with Crippen LogP contribution in [0.15, 0.2) is 134 Å². The van der Waals surface area contributed by atoms with Crippen LogP contribution in [0.25, 0.3) is 0 Å². The second kappa shape index (κ2) is 82.2. The molecule has 0 aromatic rings. The van der Waals surface area contributed by atoms with Crippen LogP contribution >= 0.6 is 15.6 Å². The van der Waals surface area contributed by atoms with Gasteiger partial charge >= 0.3 is 39.5 Å². The quantitative estimate of drug-likeness (QED) is 0.0169. The molecule has 0 spiro atoms. The average molecular weight is 1580 g/mol. The molecular formula is C91H156O17P2. The Hall–Kier alpha value is -4.80. The van der Waals surface area contributed by atoms with E-state index >= 15 is 0 Å². The number of phosphoric ester groups is 2. The van der Waals surface area contributed by atoms with E-state index in [9.17, 15) is 43.2 Å². The van der Waals surface area contributed by atoms with Gasteiger partial charge in [-0.05, 0) is 161 Å². The first kappa shape index (κ1) is 105. The first-order chi connectivity index (χ1) is 53.7. The van der Waals surface area contributed by atoms with Gasteiger partial charge in [-0.1, -0.05) is 309 Å². The molecule has 0 bridgehead atoms. The SMILES string of the molecule is CC/C=C\C/C=C\C/C=C\C/C=C\CCCCCCCCC(=O)OCC(COP(=O)(O)OCC(O)COP(=O)(O)OCC(COC(=O)CCCCCCCC/C=C\C/C=C\C/C=C\CCCCC)OC(=O)CCCCCCC/C=C\CCCCCCCC)OC(=O)CCCCCCCCC/C=C\C/C=C\C/C=C\CC. The Morgan fingerprint density at radius 3 is 0.755 bits per heavy atom. The first-order valence-electron chi connectivity index (χ1n) is 43.4. The lowest BCUT2D eigenvalue weighted by atomic mass is 10.1. The lowest BCUT2D eigenvalue weighted by Gasteiger charge is -2.21. The average Bonchev–Trinajstić information content (AvgIpc) is 0.906. The number of unbranched alkanes of at least 4 members (excludes halogenated alkanes) is 33. The van der Waals surface area contributed by atoms with Crippen molar-refractivity contribution in [3.8, 4) is 0 Å². The van der Waals surface area contributed by atoms with E-state index in [1.165, 1.54) is 57.8 Å². The van der Waals surface area contributed by atoms with Gasteiger partial charge in [0.25, 0.3) is 0 Å². The third kappa shape index (κ3) is 81.2. The summed E-state index contributed by atoms with van der Waals surface area (Å²) in [5.74, 6) is -2.21. The lowest BCUT2D eigenvalue weighted by molar-refractivity contribution is -0.161. The van der Waals surface area contributed by atoms with Gasteiger partial charge in [-0.3, -0.25) is 37.3 Å². The van der Waals surface area contributed by atoms with Crippen LogP contribution in [0.3, 0.4) is 0 Å². The molecule has 0 rings (SSSR count). The van der Waals surface area contributed by atoms with E-state index in [4.69, 9.17) is 37.0 Å². The van der Waals surface area contributed by atoms with E-state index in [0.29, 0.717) is 25.7 Å². The molecule has 0 aromatic heterocycles. The summed E-state index contributed by atoms with van der Waals surface area (Å²) in [6.07, 6.45) is 94.0. The highest BCUT2D eigenvalue weighted by molar-refractivity contribution is 7.47. The van der Waals surface area contributed by atoms with Gasteiger partial charge < -0.3 is 33.8 Å². The number of esters is 4. The molecule has 632 valence electrons. The van der Waals surface area contributed by atoms with E-state index in [2.05, 4.69) is 161 Å². The van der Waals surface area contributed by atoms with E-state index in [-0.39, 0.29) is 25.7 Å². The van der Waals surface area contributed by atoms with E-state index in [0.717, 1.165) is 225 Å². The van der Waals surface area contributed by atoms with E-state index < -0.39 is 97.5 Å². The number of hydrogen-bond acceptors (Lipinski definition) is 15. The molecular weight excluding hydrogens is 1430 g/mol. The largest absolute Gasteiger partial charge is 0.472 e.